The van der Waals surface area contributed by atoms with Gasteiger partial charge in [0, 0.05) is 41.8 Å². The van der Waals surface area contributed by atoms with Gasteiger partial charge in [-0.25, -0.2) is 4.39 Å². The summed E-state index contributed by atoms with van der Waals surface area (Å²) in [6, 6.07) is 0. The number of allylic oxidation sites excluding steroid dienone is 1. The van der Waals surface area contributed by atoms with Crippen LogP contribution in [-0.2, 0) is 4.79 Å². The molecule has 0 aromatic rings. The standard InChI is InChI=1S/C20H27ClFN3O2/c1-11(2)13-4-6-17(14-9-12(21)3-5-16(14)22)24-19(13)25-18-7-8-23-10-15(18)20(26)27/h4,8,11-12,14-16,19H,3,5-7,9-10H2,1-2H3,(H,26,27). The summed E-state index contributed by atoms with van der Waals surface area (Å²) in [5, 5.41) is 9.45. The highest BCUT2D eigenvalue weighted by Gasteiger charge is 2.35. The van der Waals surface area contributed by atoms with Crippen molar-refractivity contribution in [3.05, 3.63) is 11.6 Å². The minimum absolute atomic E-state index is 0.0177. The minimum atomic E-state index is -0.922. The zero-order valence-corrected chi connectivity index (χ0v) is 16.6. The van der Waals surface area contributed by atoms with Crippen molar-refractivity contribution >= 4 is 35.2 Å². The van der Waals surface area contributed by atoms with Gasteiger partial charge >= 0.3 is 5.97 Å². The van der Waals surface area contributed by atoms with Crippen LogP contribution < -0.4 is 0 Å². The second-order valence-corrected chi connectivity index (χ2v) is 8.47. The molecule has 0 amide bonds. The summed E-state index contributed by atoms with van der Waals surface area (Å²) in [6.45, 7) is 4.36. The average molecular weight is 396 g/mol. The molecule has 148 valence electrons. The molecule has 1 fully saturated rings. The van der Waals surface area contributed by atoms with E-state index in [9.17, 15) is 14.3 Å². The molecule has 27 heavy (non-hydrogen) atoms. The van der Waals surface area contributed by atoms with E-state index < -0.39 is 24.2 Å². The molecule has 3 aliphatic rings. The average Bonchev–Trinajstić information content (AvgIpc) is 2.63. The molecule has 5 atom stereocenters. The molecule has 0 aromatic heterocycles. The maximum atomic E-state index is 14.5. The van der Waals surface area contributed by atoms with Gasteiger partial charge in [0.1, 0.15) is 12.1 Å². The summed E-state index contributed by atoms with van der Waals surface area (Å²) in [4.78, 5) is 25.2. The van der Waals surface area contributed by atoms with Crippen molar-refractivity contribution < 1.29 is 14.3 Å². The van der Waals surface area contributed by atoms with Crippen LogP contribution in [0.25, 0.3) is 0 Å². The van der Waals surface area contributed by atoms with Gasteiger partial charge in [0.25, 0.3) is 0 Å². The Morgan fingerprint density at radius 1 is 1.37 bits per heavy atom. The number of aliphatic carboxylic acids is 1. The Morgan fingerprint density at radius 2 is 2.15 bits per heavy atom. The first-order valence-corrected chi connectivity index (χ1v) is 10.1. The van der Waals surface area contributed by atoms with Gasteiger partial charge in [-0.15, -0.1) is 11.6 Å². The van der Waals surface area contributed by atoms with Crippen molar-refractivity contribution in [2.24, 2.45) is 32.7 Å². The van der Waals surface area contributed by atoms with E-state index in [1.54, 1.807) is 6.21 Å². The van der Waals surface area contributed by atoms with E-state index in [0.29, 0.717) is 37.8 Å². The molecule has 0 saturated heterocycles. The normalized spacial score (nSPS) is 35.9. The summed E-state index contributed by atoms with van der Waals surface area (Å²) < 4.78 is 14.5. The largest absolute Gasteiger partial charge is 0.481 e. The smallest absolute Gasteiger partial charge is 0.314 e. The molecule has 1 saturated carbocycles. The van der Waals surface area contributed by atoms with Crippen LogP contribution in [0.4, 0.5) is 4.39 Å². The van der Waals surface area contributed by atoms with Gasteiger partial charge in [-0.1, -0.05) is 19.9 Å². The third-order valence-electron chi connectivity index (χ3n) is 5.64. The van der Waals surface area contributed by atoms with Crippen LogP contribution in [0.3, 0.4) is 0 Å². The SMILES string of the molecule is CC(C)C1=CCC(C2CC(Cl)CCC2F)=NC1N=C1CC=NCC1C(=O)O. The zero-order chi connectivity index (χ0) is 19.6. The predicted molar refractivity (Wildman–Crippen MR) is 107 cm³/mol. The Bertz CT molecular complexity index is 701. The van der Waals surface area contributed by atoms with Crippen molar-refractivity contribution in [3.8, 4) is 0 Å². The number of hydrogen-bond acceptors (Lipinski definition) is 4. The number of aliphatic imine (C=N–C) groups is 3. The number of carbonyl (C=O) groups is 1. The summed E-state index contributed by atoms with van der Waals surface area (Å²) >= 11 is 6.28. The molecular formula is C20H27ClFN3O2. The summed E-state index contributed by atoms with van der Waals surface area (Å²) in [5.41, 5.74) is 2.46. The second-order valence-electron chi connectivity index (χ2n) is 7.85. The molecule has 7 heteroatoms. The van der Waals surface area contributed by atoms with Crippen molar-refractivity contribution in [3.63, 3.8) is 0 Å². The number of carboxylic acids is 1. The first kappa shape index (κ1) is 20.2. The van der Waals surface area contributed by atoms with Crippen molar-refractivity contribution in [2.45, 2.75) is 63.7 Å². The number of nitrogens with zero attached hydrogens (tertiary/aromatic N) is 3. The van der Waals surface area contributed by atoms with Crippen LogP contribution in [0.1, 0.15) is 46.0 Å². The van der Waals surface area contributed by atoms with E-state index in [1.165, 1.54) is 0 Å². The number of carboxylic acid groups (broad SMARTS) is 1. The highest BCUT2D eigenvalue weighted by Crippen LogP contribution is 2.35. The first-order valence-electron chi connectivity index (χ1n) is 9.69. The third kappa shape index (κ3) is 4.65. The van der Waals surface area contributed by atoms with E-state index in [0.717, 1.165) is 11.3 Å². The number of dihydropyridines is 1. The van der Waals surface area contributed by atoms with Gasteiger partial charge in [0.2, 0.25) is 0 Å². The second kappa shape index (κ2) is 8.63. The van der Waals surface area contributed by atoms with Crippen LogP contribution in [0, 0.1) is 17.8 Å². The fraction of sp³-hybridized carbons (Fsp3) is 0.700. The number of alkyl halides is 2. The fourth-order valence-electron chi connectivity index (χ4n) is 4.03. The molecule has 3 rings (SSSR count). The molecule has 0 bridgehead atoms. The van der Waals surface area contributed by atoms with Crippen LogP contribution >= 0.6 is 11.6 Å². The third-order valence-corrected chi connectivity index (χ3v) is 6.03. The molecular weight excluding hydrogens is 369 g/mol. The Labute approximate surface area is 164 Å². The summed E-state index contributed by atoms with van der Waals surface area (Å²) in [6.07, 6.45) is 5.21. The fourth-order valence-corrected chi connectivity index (χ4v) is 4.35. The number of rotatable bonds is 4. The molecule has 0 spiro atoms. The van der Waals surface area contributed by atoms with E-state index in [4.69, 9.17) is 21.6 Å². The summed E-state index contributed by atoms with van der Waals surface area (Å²) in [5.74, 6) is -1.66. The molecule has 2 heterocycles. The predicted octanol–water partition coefficient (Wildman–Crippen LogP) is 4.10. The van der Waals surface area contributed by atoms with E-state index in [-0.39, 0.29) is 23.8 Å². The van der Waals surface area contributed by atoms with Gasteiger partial charge in [-0.2, -0.15) is 0 Å². The molecule has 1 N–H and O–H groups in total. The Balaban J connectivity index is 1.91. The van der Waals surface area contributed by atoms with E-state index >= 15 is 0 Å². The lowest BCUT2D eigenvalue weighted by atomic mass is 9.81. The highest BCUT2D eigenvalue weighted by molar-refractivity contribution is 6.20. The maximum absolute atomic E-state index is 14.5. The van der Waals surface area contributed by atoms with E-state index in [2.05, 4.69) is 24.9 Å². The highest BCUT2D eigenvalue weighted by atomic mass is 35.5. The lowest BCUT2D eigenvalue weighted by Gasteiger charge is -2.33. The van der Waals surface area contributed by atoms with Crippen molar-refractivity contribution in [2.75, 3.05) is 6.54 Å². The van der Waals surface area contributed by atoms with E-state index in [1.807, 2.05) is 0 Å². The lowest BCUT2D eigenvalue weighted by molar-refractivity contribution is -0.139. The monoisotopic (exact) mass is 395 g/mol. The molecule has 2 aliphatic heterocycles. The van der Waals surface area contributed by atoms with Gasteiger partial charge in [-0.3, -0.25) is 19.8 Å². The van der Waals surface area contributed by atoms with Crippen LogP contribution in [0.15, 0.2) is 26.6 Å². The number of halogens is 2. The Kier molecular flexibility index (Phi) is 6.45. The van der Waals surface area contributed by atoms with Crippen LogP contribution in [0.2, 0.25) is 0 Å². The molecule has 0 aromatic carbocycles. The van der Waals surface area contributed by atoms with Crippen molar-refractivity contribution in [1.29, 1.82) is 0 Å². The summed E-state index contributed by atoms with van der Waals surface area (Å²) in [7, 11) is 0. The van der Waals surface area contributed by atoms with Crippen molar-refractivity contribution in [1.82, 2.24) is 0 Å². The first-order chi connectivity index (χ1) is 12.9. The van der Waals surface area contributed by atoms with Gasteiger partial charge in [-0.05, 0) is 30.8 Å². The maximum Gasteiger partial charge on any atom is 0.314 e. The van der Waals surface area contributed by atoms with Crippen LogP contribution in [0.5, 0.6) is 0 Å². The zero-order valence-electron chi connectivity index (χ0n) is 15.8. The van der Waals surface area contributed by atoms with Crippen LogP contribution in [-0.4, -0.2) is 53.0 Å². The Hall–Kier alpha value is -1.56. The topological polar surface area (TPSA) is 74.4 Å². The molecule has 1 aliphatic carbocycles. The molecule has 5 nitrogen and oxygen atoms in total. The Morgan fingerprint density at radius 3 is 2.85 bits per heavy atom. The quantitative estimate of drug-likeness (QED) is 0.574. The minimum Gasteiger partial charge on any atom is -0.481 e. The molecule has 0 radical (unpaired) electrons. The van der Waals surface area contributed by atoms with Gasteiger partial charge in [0.05, 0.1) is 6.54 Å². The van der Waals surface area contributed by atoms with Gasteiger partial charge in [0.15, 0.2) is 6.17 Å². The number of hydrogen-bond donors (Lipinski definition) is 1. The molecule has 5 unspecified atom stereocenters. The van der Waals surface area contributed by atoms with Gasteiger partial charge < -0.3 is 5.11 Å². The lowest BCUT2D eigenvalue weighted by Crippen LogP contribution is -2.36.